The number of aliphatic hydroxyl groups excluding tert-OH is 1. The second kappa shape index (κ2) is 18.0. The van der Waals surface area contributed by atoms with Crippen LogP contribution in [0.1, 0.15) is 113 Å². The van der Waals surface area contributed by atoms with Crippen LogP contribution < -0.4 is 9.47 Å². The van der Waals surface area contributed by atoms with Crippen LogP contribution in [0.2, 0.25) is 0 Å². The summed E-state index contributed by atoms with van der Waals surface area (Å²) in [7, 11) is -2.08. The molecule has 1 fully saturated rings. The minimum atomic E-state index is -3.70. The minimum Gasteiger partial charge on any atom is -0.497 e. The van der Waals surface area contributed by atoms with E-state index in [0.717, 1.165) is 53.9 Å². The molecule has 2 aromatic carbocycles. The zero-order valence-corrected chi connectivity index (χ0v) is 26.8. The van der Waals surface area contributed by atoms with Gasteiger partial charge in [-0.05, 0) is 48.9 Å². The van der Waals surface area contributed by atoms with Crippen LogP contribution in [0.4, 0.5) is 0 Å². The highest BCUT2D eigenvalue weighted by atomic mass is 32.2. The average Bonchev–Trinajstić information content (AvgIpc) is 3.50. The van der Waals surface area contributed by atoms with Gasteiger partial charge in [0.05, 0.1) is 37.9 Å². The molecule has 6 nitrogen and oxygen atoms in total. The van der Waals surface area contributed by atoms with Crippen molar-refractivity contribution < 1.29 is 27.2 Å². The lowest BCUT2D eigenvalue weighted by molar-refractivity contribution is 0.108. The summed E-state index contributed by atoms with van der Waals surface area (Å²) in [5, 5.41) is 10.8. The number of unbranched alkanes of at least 4 members (excludes halogenated alkanes) is 8. The van der Waals surface area contributed by atoms with Gasteiger partial charge in [-0.1, -0.05) is 95.4 Å². The number of rotatable bonds is 20. The van der Waals surface area contributed by atoms with Gasteiger partial charge in [-0.2, -0.15) is 8.42 Å². The Morgan fingerprint density at radius 2 is 1.61 bits per heavy atom. The van der Waals surface area contributed by atoms with Gasteiger partial charge in [0.2, 0.25) is 0 Å². The van der Waals surface area contributed by atoms with Gasteiger partial charge < -0.3 is 14.6 Å². The number of ether oxygens (including phenoxy) is 2. The third-order valence-electron chi connectivity index (χ3n) is 7.78. The normalized spacial score (nSPS) is 15.6. The zero-order chi connectivity index (χ0) is 29.5. The molecule has 230 valence electrons. The average molecular weight is 607 g/mol. The summed E-state index contributed by atoms with van der Waals surface area (Å²) in [4.78, 5) is 0.906. The first kappa shape index (κ1) is 33.8. The number of benzene rings is 2. The third kappa shape index (κ3) is 11.8. The van der Waals surface area contributed by atoms with Gasteiger partial charge in [-0.15, -0.1) is 11.8 Å². The van der Waals surface area contributed by atoms with Gasteiger partial charge in [0.25, 0.3) is 10.1 Å². The Labute approximate surface area is 252 Å². The van der Waals surface area contributed by atoms with Crippen molar-refractivity contribution in [2.75, 3.05) is 26.6 Å². The molecule has 2 aromatic rings. The molecule has 8 heteroatoms. The molecule has 0 bridgehead atoms. The van der Waals surface area contributed by atoms with E-state index in [-0.39, 0.29) is 6.61 Å². The van der Waals surface area contributed by atoms with Crippen LogP contribution in [0, 0.1) is 0 Å². The lowest BCUT2D eigenvalue weighted by atomic mass is 9.92. The van der Waals surface area contributed by atoms with Crippen molar-refractivity contribution in [1.82, 2.24) is 0 Å². The molecule has 0 heterocycles. The quantitative estimate of drug-likeness (QED) is 0.0920. The van der Waals surface area contributed by atoms with Crippen molar-refractivity contribution in [1.29, 1.82) is 0 Å². The first-order chi connectivity index (χ1) is 19.8. The van der Waals surface area contributed by atoms with E-state index in [1.807, 2.05) is 36.4 Å². The number of thioether (sulfide) groups is 1. The van der Waals surface area contributed by atoms with E-state index < -0.39 is 21.5 Å². The van der Waals surface area contributed by atoms with Gasteiger partial charge in [0.15, 0.2) is 0 Å². The number of aliphatic hydroxyl groups is 1. The minimum absolute atomic E-state index is 0.328. The molecular weight excluding hydrogens is 556 g/mol. The maximum atomic E-state index is 11.8. The summed E-state index contributed by atoms with van der Waals surface area (Å²) in [6.45, 7) is 2.55. The Bertz CT molecular complexity index is 1130. The predicted molar refractivity (Wildman–Crippen MR) is 169 cm³/mol. The van der Waals surface area contributed by atoms with Gasteiger partial charge in [-0.25, -0.2) is 0 Å². The zero-order valence-electron chi connectivity index (χ0n) is 25.2. The third-order valence-corrected chi connectivity index (χ3v) is 9.69. The van der Waals surface area contributed by atoms with Gasteiger partial charge in [0, 0.05) is 10.5 Å². The van der Waals surface area contributed by atoms with Gasteiger partial charge in [-0.3, -0.25) is 4.18 Å². The largest absolute Gasteiger partial charge is 0.497 e. The molecule has 41 heavy (non-hydrogen) atoms. The molecule has 0 spiro atoms. The van der Waals surface area contributed by atoms with Crippen molar-refractivity contribution in [2.24, 2.45) is 0 Å². The second-order valence-corrected chi connectivity index (χ2v) is 14.1. The smallest absolute Gasteiger partial charge is 0.264 e. The first-order valence-electron chi connectivity index (χ1n) is 15.4. The molecule has 0 amide bonds. The van der Waals surface area contributed by atoms with Crippen LogP contribution in [-0.4, -0.2) is 46.2 Å². The molecular formula is C33H50O6S2. The summed E-state index contributed by atoms with van der Waals surface area (Å²) in [5.41, 5.74) is 2.08. The lowest BCUT2D eigenvalue weighted by Crippen LogP contribution is -2.25. The monoisotopic (exact) mass is 606 g/mol. The summed E-state index contributed by atoms with van der Waals surface area (Å²) >= 11 is 1.47. The van der Waals surface area contributed by atoms with Crippen LogP contribution in [0.15, 0.2) is 47.4 Å². The van der Waals surface area contributed by atoms with E-state index in [0.29, 0.717) is 12.5 Å². The van der Waals surface area contributed by atoms with Crippen LogP contribution in [0.25, 0.3) is 0 Å². The second-order valence-electron chi connectivity index (χ2n) is 11.2. The molecule has 3 rings (SSSR count). The Balaban J connectivity index is 1.80. The van der Waals surface area contributed by atoms with E-state index in [4.69, 9.17) is 13.7 Å². The molecule has 2 atom stereocenters. The summed E-state index contributed by atoms with van der Waals surface area (Å²) in [6.07, 6.45) is 15.8. The number of hydrogen-bond acceptors (Lipinski definition) is 7. The Morgan fingerprint density at radius 1 is 0.951 bits per heavy atom. The highest BCUT2D eigenvalue weighted by Gasteiger charge is 2.30. The number of methoxy groups -OCH3 is 1. The van der Waals surface area contributed by atoms with Gasteiger partial charge in [0.1, 0.15) is 11.5 Å². The molecule has 1 N–H and O–H groups in total. The van der Waals surface area contributed by atoms with Crippen molar-refractivity contribution >= 4 is 21.9 Å². The molecule has 2 unspecified atom stereocenters. The van der Waals surface area contributed by atoms with E-state index in [1.165, 1.54) is 75.1 Å². The molecule has 0 aromatic heterocycles. The standard InChI is InChI=1S/C33H50O6S2/c1-4-5-6-7-8-9-10-11-14-23-38-32-29(26-17-12-13-18-26)21-16-22-30(32)33(31(34)25-39-41(3,35)36)40-28-20-15-19-27(24-28)37-2/h15-16,19-22,24,26,31,33-34H,4-14,17-18,23,25H2,1-3H3. The summed E-state index contributed by atoms with van der Waals surface area (Å²) in [6, 6.07) is 13.9. The van der Waals surface area contributed by atoms with E-state index in [1.54, 1.807) is 7.11 Å². The van der Waals surface area contributed by atoms with Crippen molar-refractivity contribution in [2.45, 2.75) is 113 Å². The van der Waals surface area contributed by atoms with Crippen LogP contribution in [0.5, 0.6) is 11.5 Å². The Kier molecular flexibility index (Phi) is 14.9. The first-order valence-corrected chi connectivity index (χ1v) is 18.1. The molecule has 0 saturated heterocycles. The van der Waals surface area contributed by atoms with E-state index >= 15 is 0 Å². The lowest BCUT2D eigenvalue weighted by Gasteiger charge is -2.27. The fraction of sp³-hybridized carbons (Fsp3) is 0.636. The maximum absolute atomic E-state index is 11.8. The number of hydrogen-bond donors (Lipinski definition) is 1. The fourth-order valence-electron chi connectivity index (χ4n) is 5.56. The Hall–Kier alpha value is -1.74. The van der Waals surface area contributed by atoms with Crippen LogP contribution in [-0.2, 0) is 14.3 Å². The topological polar surface area (TPSA) is 82.1 Å². The van der Waals surface area contributed by atoms with Crippen molar-refractivity contribution in [3.63, 3.8) is 0 Å². The van der Waals surface area contributed by atoms with Crippen LogP contribution in [0.3, 0.4) is 0 Å². The highest BCUT2D eigenvalue weighted by molar-refractivity contribution is 7.99. The SMILES string of the molecule is CCCCCCCCCCCOc1c(C2CCCC2)cccc1C(Sc1cccc(OC)c1)C(O)COS(C)(=O)=O. The molecule has 1 aliphatic rings. The maximum Gasteiger partial charge on any atom is 0.264 e. The highest BCUT2D eigenvalue weighted by Crippen LogP contribution is 2.47. The van der Waals surface area contributed by atoms with Gasteiger partial charge >= 0.3 is 0 Å². The fourth-order valence-corrected chi connectivity index (χ4v) is 7.13. The van der Waals surface area contributed by atoms with Crippen LogP contribution >= 0.6 is 11.8 Å². The molecule has 0 radical (unpaired) electrons. The molecule has 1 aliphatic carbocycles. The van der Waals surface area contributed by atoms with Crippen molar-refractivity contribution in [3.05, 3.63) is 53.6 Å². The Morgan fingerprint density at radius 3 is 2.27 bits per heavy atom. The summed E-state index contributed by atoms with van der Waals surface area (Å²) < 4.78 is 40.6. The molecule has 0 aliphatic heterocycles. The van der Waals surface area contributed by atoms with E-state index in [2.05, 4.69) is 13.0 Å². The summed E-state index contributed by atoms with van der Waals surface area (Å²) in [5.74, 6) is 2.00. The number of para-hydroxylation sites is 1. The molecule has 1 saturated carbocycles. The predicted octanol–water partition coefficient (Wildman–Crippen LogP) is 8.43. The van der Waals surface area contributed by atoms with Crippen molar-refractivity contribution in [3.8, 4) is 11.5 Å². The van der Waals surface area contributed by atoms with E-state index in [9.17, 15) is 13.5 Å².